The van der Waals surface area contributed by atoms with Gasteiger partial charge in [-0.1, -0.05) is 32.0 Å². The maximum atomic E-state index is 6.12. The van der Waals surface area contributed by atoms with Crippen molar-refractivity contribution in [2.75, 3.05) is 26.7 Å². The maximum Gasteiger partial charge on any atom is 0.191 e. The number of guanidine groups is 1. The quantitative estimate of drug-likeness (QED) is 0.374. The Morgan fingerprint density at radius 2 is 1.96 bits per heavy atom. The molecule has 2 rings (SSSR count). The summed E-state index contributed by atoms with van der Waals surface area (Å²) in [5.41, 5.74) is 1.00. The summed E-state index contributed by atoms with van der Waals surface area (Å²) in [6.45, 7) is 13.9. The molecule has 0 radical (unpaired) electrons. The van der Waals surface area contributed by atoms with Gasteiger partial charge in [0.2, 0.25) is 0 Å². The molecule has 0 aliphatic carbocycles. The summed E-state index contributed by atoms with van der Waals surface area (Å²) < 4.78 is 6.12. The van der Waals surface area contributed by atoms with E-state index in [1.807, 2.05) is 19.2 Å². The van der Waals surface area contributed by atoms with Crippen molar-refractivity contribution < 1.29 is 4.74 Å². The molecule has 0 bridgehead atoms. The van der Waals surface area contributed by atoms with Crippen molar-refractivity contribution in [3.63, 3.8) is 0 Å². The summed E-state index contributed by atoms with van der Waals surface area (Å²) >= 11 is 0. The van der Waals surface area contributed by atoms with Crippen LogP contribution >= 0.6 is 24.0 Å². The Morgan fingerprint density at radius 1 is 1.31 bits per heavy atom. The summed E-state index contributed by atoms with van der Waals surface area (Å²) in [6, 6.07) is 8.92. The minimum Gasteiger partial charge on any atom is -0.487 e. The minimum absolute atomic E-state index is 0. The van der Waals surface area contributed by atoms with Crippen molar-refractivity contribution in [2.24, 2.45) is 4.99 Å². The van der Waals surface area contributed by atoms with Crippen LogP contribution in [0.4, 0.5) is 0 Å². The SMILES string of the molecule is CCN(CC)C(C)CNC(=NC)NC1CC(C)(C)Oc2ccccc21.I. The highest BCUT2D eigenvalue weighted by Crippen LogP contribution is 2.39. The number of benzene rings is 1. The molecule has 5 nitrogen and oxygen atoms in total. The Hall–Kier alpha value is -1.02. The van der Waals surface area contributed by atoms with E-state index in [0.29, 0.717) is 6.04 Å². The first kappa shape index (κ1) is 23.0. The third kappa shape index (κ3) is 6.01. The topological polar surface area (TPSA) is 48.9 Å². The lowest BCUT2D eigenvalue weighted by molar-refractivity contribution is 0.0694. The van der Waals surface area contributed by atoms with Gasteiger partial charge < -0.3 is 15.4 Å². The summed E-state index contributed by atoms with van der Waals surface area (Å²) in [5.74, 6) is 1.81. The van der Waals surface area contributed by atoms with Crippen LogP contribution in [0.5, 0.6) is 5.75 Å². The van der Waals surface area contributed by atoms with Crippen molar-refractivity contribution in [1.82, 2.24) is 15.5 Å². The fourth-order valence-electron chi connectivity index (χ4n) is 3.51. The summed E-state index contributed by atoms with van der Waals surface area (Å²) in [4.78, 5) is 6.86. The van der Waals surface area contributed by atoms with E-state index in [1.165, 1.54) is 5.56 Å². The van der Waals surface area contributed by atoms with E-state index in [9.17, 15) is 0 Å². The van der Waals surface area contributed by atoms with Gasteiger partial charge in [-0.3, -0.25) is 9.89 Å². The van der Waals surface area contributed by atoms with E-state index in [1.54, 1.807) is 0 Å². The second-order valence-corrected chi connectivity index (χ2v) is 7.32. The van der Waals surface area contributed by atoms with E-state index in [0.717, 1.165) is 37.8 Å². The third-order valence-corrected chi connectivity index (χ3v) is 4.91. The largest absolute Gasteiger partial charge is 0.487 e. The number of aliphatic imine (C=N–C) groups is 1. The highest BCUT2D eigenvalue weighted by molar-refractivity contribution is 14.0. The zero-order valence-electron chi connectivity index (χ0n) is 17.0. The molecule has 1 heterocycles. The van der Waals surface area contributed by atoms with Gasteiger partial charge in [-0.05, 0) is 39.9 Å². The molecule has 2 atom stereocenters. The van der Waals surface area contributed by atoms with Crippen molar-refractivity contribution in [3.8, 4) is 5.75 Å². The number of fused-ring (bicyclic) bond motifs is 1. The number of likely N-dealkylation sites (N-methyl/N-ethyl adjacent to an activating group) is 1. The number of rotatable bonds is 6. The van der Waals surface area contributed by atoms with E-state index in [-0.39, 0.29) is 35.6 Å². The summed E-state index contributed by atoms with van der Waals surface area (Å²) in [6.07, 6.45) is 0.899. The van der Waals surface area contributed by atoms with Crippen molar-refractivity contribution in [1.29, 1.82) is 0 Å². The van der Waals surface area contributed by atoms with Crippen LogP contribution in [0.2, 0.25) is 0 Å². The number of nitrogens with one attached hydrogen (secondary N) is 2. The molecule has 6 heteroatoms. The van der Waals surface area contributed by atoms with Gasteiger partial charge in [0.25, 0.3) is 0 Å². The number of hydrogen-bond donors (Lipinski definition) is 2. The number of hydrogen-bond acceptors (Lipinski definition) is 3. The number of para-hydroxylation sites is 1. The Morgan fingerprint density at radius 3 is 2.58 bits per heavy atom. The fourth-order valence-corrected chi connectivity index (χ4v) is 3.51. The molecule has 0 amide bonds. The van der Waals surface area contributed by atoms with Gasteiger partial charge in [-0.2, -0.15) is 0 Å². The van der Waals surface area contributed by atoms with Gasteiger partial charge >= 0.3 is 0 Å². The monoisotopic (exact) mass is 474 g/mol. The van der Waals surface area contributed by atoms with Crippen LogP contribution in [0.1, 0.15) is 52.6 Å². The fraction of sp³-hybridized carbons (Fsp3) is 0.650. The van der Waals surface area contributed by atoms with Crippen LogP contribution in [0.3, 0.4) is 0 Å². The van der Waals surface area contributed by atoms with Gasteiger partial charge in [-0.15, -0.1) is 24.0 Å². The average Bonchev–Trinajstić information content (AvgIpc) is 2.58. The van der Waals surface area contributed by atoms with Crippen molar-refractivity contribution in [3.05, 3.63) is 29.8 Å². The molecular formula is C20H35IN4O. The third-order valence-electron chi connectivity index (χ3n) is 4.91. The van der Waals surface area contributed by atoms with E-state index in [2.05, 4.69) is 67.3 Å². The molecule has 1 aliphatic heterocycles. The molecule has 0 saturated carbocycles. The minimum atomic E-state index is -0.195. The Balaban J connectivity index is 0.00000338. The first-order valence-corrected chi connectivity index (χ1v) is 9.39. The van der Waals surface area contributed by atoms with Gasteiger partial charge in [-0.25, -0.2) is 0 Å². The molecule has 148 valence electrons. The lowest BCUT2D eigenvalue weighted by Crippen LogP contribution is -2.48. The molecule has 1 aromatic carbocycles. The van der Waals surface area contributed by atoms with Crippen LogP contribution in [0.25, 0.3) is 0 Å². The second kappa shape index (κ2) is 10.3. The van der Waals surface area contributed by atoms with E-state index < -0.39 is 0 Å². The average molecular weight is 474 g/mol. The van der Waals surface area contributed by atoms with Crippen molar-refractivity contribution in [2.45, 2.75) is 58.7 Å². The Kier molecular flexibility index (Phi) is 9.16. The molecule has 0 aromatic heterocycles. The van der Waals surface area contributed by atoms with Crippen LogP contribution in [0, 0.1) is 0 Å². The Bertz CT molecular complexity index is 587. The van der Waals surface area contributed by atoms with E-state index >= 15 is 0 Å². The molecule has 2 N–H and O–H groups in total. The molecule has 2 unspecified atom stereocenters. The highest BCUT2D eigenvalue weighted by Gasteiger charge is 2.34. The molecule has 0 spiro atoms. The predicted molar refractivity (Wildman–Crippen MR) is 121 cm³/mol. The first-order valence-electron chi connectivity index (χ1n) is 9.39. The Labute approximate surface area is 176 Å². The standard InChI is InChI=1S/C20H34N4O.HI/c1-7-24(8-2)15(3)14-22-19(21-6)23-17-13-20(4,5)25-18-12-10-9-11-16(17)18;/h9-12,15,17H,7-8,13-14H2,1-6H3,(H2,21,22,23);1H. The van der Waals surface area contributed by atoms with Crippen LogP contribution in [-0.2, 0) is 0 Å². The second-order valence-electron chi connectivity index (χ2n) is 7.32. The van der Waals surface area contributed by atoms with Gasteiger partial charge in [0.15, 0.2) is 5.96 Å². The van der Waals surface area contributed by atoms with E-state index in [4.69, 9.17) is 4.74 Å². The highest BCUT2D eigenvalue weighted by atomic mass is 127. The number of halogens is 1. The lowest BCUT2D eigenvalue weighted by Gasteiger charge is -2.38. The molecule has 0 saturated heterocycles. The van der Waals surface area contributed by atoms with Gasteiger partial charge in [0.1, 0.15) is 11.4 Å². The van der Waals surface area contributed by atoms with Gasteiger partial charge in [0.05, 0.1) is 6.04 Å². The maximum absolute atomic E-state index is 6.12. The molecule has 0 fully saturated rings. The van der Waals surface area contributed by atoms with Gasteiger partial charge in [0, 0.05) is 31.6 Å². The van der Waals surface area contributed by atoms with Crippen LogP contribution < -0.4 is 15.4 Å². The predicted octanol–water partition coefficient (Wildman–Crippen LogP) is 3.80. The lowest BCUT2D eigenvalue weighted by atomic mass is 9.90. The zero-order chi connectivity index (χ0) is 18.4. The normalized spacial score (nSPS) is 19.8. The smallest absolute Gasteiger partial charge is 0.191 e. The van der Waals surface area contributed by atoms with Crippen LogP contribution in [-0.4, -0.2) is 49.2 Å². The first-order chi connectivity index (χ1) is 11.9. The number of nitrogens with zero attached hydrogens (tertiary/aromatic N) is 2. The zero-order valence-corrected chi connectivity index (χ0v) is 19.3. The molecule has 1 aliphatic rings. The van der Waals surface area contributed by atoms with Crippen LogP contribution in [0.15, 0.2) is 29.3 Å². The molecule has 1 aromatic rings. The summed E-state index contributed by atoms with van der Waals surface area (Å²) in [7, 11) is 1.83. The summed E-state index contributed by atoms with van der Waals surface area (Å²) in [5, 5.41) is 7.07. The molecular weight excluding hydrogens is 439 g/mol. The van der Waals surface area contributed by atoms with Crippen molar-refractivity contribution >= 4 is 29.9 Å². The number of ether oxygens (including phenoxy) is 1. The molecule has 26 heavy (non-hydrogen) atoms.